The Bertz CT molecular complexity index is 1010. The minimum absolute atomic E-state index is 0.0497. The lowest BCUT2D eigenvalue weighted by molar-refractivity contribution is -0.116. The number of nitrogens with one attached hydrogen (secondary N) is 2. The minimum Gasteiger partial charge on any atom is -0.311 e. The molecule has 0 bridgehead atoms. The van der Waals surface area contributed by atoms with Gasteiger partial charge in [0.15, 0.2) is 4.34 Å². The molecule has 2 aromatic carbocycles. The zero-order valence-corrected chi connectivity index (χ0v) is 17.1. The number of para-hydroxylation sites is 2. The maximum absolute atomic E-state index is 12.7. The fraction of sp³-hybridized carbons (Fsp3) is 0.200. The molecular formula is C20H19N5O2S2. The van der Waals surface area contributed by atoms with Gasteiger partial charge in [0.05, 0.1) is 5.75 Å². The third kappa shape index (κ3) is 4.93. The van der Waals surface area contributed by atoms with Crippen molar-refractivity contribution in [2.75, 3.05) is 27.8 Å². The Balaban J connectivity index is 1.31. The number of aromatic nitrogens is 2. The number of thioether (sulfide) groups is 1. The summed E-state index contributed by atoms with van der Waals surface area (Å²) >= 11 is 2.57. The summed E-state index contributed by atoms with van der Waals surface area (Å²) in [7, 11) is 0. The number of urea groups is 1. The van der Waals surface area contributed by atoms with E-state index in [9.17, 15) is 9.59 Å². The molecule has 2 heterocycles. The Morgan fingerprint density at radius 3 is 2.69 bits per heavy atom. The van der Waals surface area contributed by atoms with Gasteiger partial charge in [-0.15, -0.1) is 10.2 Å². The van der Waals surface area contributed by atoms with E-state index in [1.165, 1.54) is 28.7 Å². The van der Waals surface area contributed by atoms with E-state index < -0.39 is 0 Å². The third-order valence-corrected chi connectivity index (χ3v) is 6.35. The molecule has 0 spiro atoms. The summed E-state index contributed by atoms with van der Waals surface area (Å²) < 4.78 is 0.638. The number of anilines is 3. The van der Waals surface area contributed by atoms with Crippen LogP contribution in [0.4, 0.5) is 21.3 Å². The van der Waals surface area contributed by atoms with Gasteiger partial charge in [0, 0.05) is 17.9 Å². The molecule has 4 rings (SSSR count). The molecule has 0 fully saturated rings. The molecule has 1 aromatic heterocycles. The monoisotopic (exact) mass is 425 g/mol. The van der Waals surface area contributed by atoms with Crippen molar-refractivity contribution in [3.05, 3.63) is 60.2 Å². The summed E-state index contributed by atoms with van der Waals surface area (Å²) in [5, 5.41) is 13.8. The number of fused-ring (bicyclic) bond motifs is 1. The molecule has 3 aromatic rings. The molecule has 148 valence electrons. The van der Waals surface area contributed by atoms with Crippen molar-refractivity contribution in [1.82, 2.24) is 10.2 Å². The molecule has 0 unspecified atom stereocenters. The molecule has 0 atom stereocenters. The van der Waals surface area contributed by atoms with Crippen molar-refractivity contribution in [2.24, 2.45) is 0 Å². The van der Waals surface area contributed by atoms with Gasteiger partial charge in [-0.3, -0.25) is 10.1 Å². The highest BCUT2D eigenvalue weighted by atomic mass is 32.2. The lowest BCUT2D eigenvalue weighted by Crippen LogP contribution is -2.36. The van der Waals surface area contributed by atoms with Gasteiger partial charge in [0.25, 0.3) is 0 Å². The zero-order chi connectivity index (χ0) is 20.1. The first-order valence-electron chi connectivity index (χ1n) is 9.17. The molecule has 9 heteroatoms. The predicted molar refractivity (Wildman–Crippen MR) is 117 cm³/mol. The van der Waals surface area contributed by atoms with Crippen LogP contribution in [0.2, 0.25) is 0 Å². The van der Waals surface area contributed by atoms with Gasteiger partial charge in [-0.05, 0) is 36.6 Å². The highest BCUT2D eigenvalue weighted by Gasteiger charge is 2.22. The molecule has 0 aliphatic carbocycles. The number of amides is 3. The SMILES string of the molecule is O=C(Nc1ccccc1)Nc1nnc(SCC(=O)N2CCCc3ccccc32)s1. The summed E-state index contributed by atoms with van der Waals surface area (Å²) in [5.41, 5.74) is 2.90. The molecule has 0 saturated carbocycles. The van der Waals surface area contributed by atoms with E-state index >= 15 is 0 Å². The van der Waals surface area contributed by atoms with Crippen LogP contribution in [0, 0.1) is 0 Å². The van der Waals surface area contributed by atoms with Crippen LogP contribution in [-0.4, -0.2) is 34.4 Å². The molecule has 3 amide bonds. The van der Waals surface area contributed by atoms with Gasteiger partial charge in [0.1, 0.15) is 0 Å². The quantitative estimate of drug-likeness (QED) is 0.471. The molecule has 2 N–H and O–H groups in total. The van der Waals surface area contributed by atoms with Crippen LogP contribution in [-0.2, 0) is 11.2 Å². The lowest BCUT2D eigenvalue weighted by atomic mass is 10.0. The zero-order valence-electron chi connectivity index (χ0n) is 15.5. The number of benzene rings is 2. The Hall–Kier alpha value is -2.91. The summed E-state index contributed by atoms with van der Waals surface area (Å²) in [6.45, 7) is 0.735. The molecule has 0 saturated heterocycles. The molecule has 1 aliphatic heterocycles. The number of hydrogen-bond donors (Lipinski definition) is 2. The Kier molecular flexibility index (Phi) is 6.06. The lowest BCUT2D eigenvalue weighted by Gasteiger charge is -2.29. The second-order valence-electron chi connectivity index (χ2n) is 6.38. The first kappa shape index (κ1) is 19.4. The number of rotatable bonds is 5. The Morgan fingerprint density at radius 2 is 1.83 bits per heavy atom. The fourth-order valence-corrected chi connectivity index (χ4v) is 4.72. The van der Waals surface area contributed by atoms with Gasteiger partial charge < -0.3 is 10.2 Å². The normalized spacial score (nSPS) is 12.9. The number of carbonyl (C=O) groups is 2. The van der Waals surface area contributed by atoms with E-state index in [4.69, 9.17) is 0 Å². The van der Waals surface area contributed by atoms with Crippen LogP contribution in [0.3, 0.4) is 0 Å². The standard InChI is InChI=1S/C20H19N5O2S2/c26-17(25-12-6-8-14-7-4-5-11-16(14)25)13-28-20-24-23-19(29-20)22-18(27)21-15-9-2-1-3-10-15/h1-5,7,9-11H,6,8,12-13H2,(H2,21,22,23,27). The highest BCUT2D eigenvalue weighted by Crippen LogP contribution is 2.29. The second kappa shape index (κ2) is 9.06. The average molecular weight is 426 g/mol. The third-order valence-electron chi connectivity index (χ3n) is 4.39. The summed E-state index contributed by atoms with van der Waals surface area (Å²) in [6.07, 6.45) is 1.97. The van der Waals surface area contributed by atoms with Crippen molar-refractivity contribution in [3.63, 3.8) is 0 Å². The van der Waals surface area contributed by atoms with Crippen molar-refractivity contribution in [1.29, 1.82) is 0 Å². The molecular weight excluding hydrogens is 406 g/mol. The van der Waals surface area contributed by atoms with Gasteiger partial charge in [-0.2, -0.15) is 0 Å². The molecule has 0 radical (unpaired) electrons. The van der Waals surface area contributed by atoms with E-state index in [2.05, 4.69) is 26.9 Å². The highest BCUT2D eigenvalue weighted by molar-refractivity contribution is 8.01. The number of aryl methyl sites for hydroxylation is 1. The fourth-order valence-electron chi connectivity index (χ4n) is 3.09. The first-order valence-corrected chi connectivity index (χ1v) is 11.0. The van der Waals surface area contributed by atoms with E-state index in [0.717, 1.165) is 25.1 Å². The van der Waals surface area contributed by atoms with E-state index in [1.54, 1.807) is 12.1 Å². The van der Waals surface area contributed by atoms with Gasteiger partial charge >= 0.3 is 6.03 Å². The van der Waals surface area contributed by atoms with Crippen LogP contribution in [0.25, 0.3) is 0 Å². The van der Waals surface area contributed by atoms with Crippen molar-refractivity contribution in [2.45, 2.75) is 17.2 Å². The van der Waals surface area contributed by atoms with E-state index in [1.807, 2.05) is 41.3 Å². The van der Waals surface area contributed by atoms with Crippen molar-refractivity contribution < 1.29 is 9.59 Å². The van der Waals surface area contributed by atoms with Gasteiger partial charge in [-0.1, -0.05) is 59.5 Å². The average Bonchev–Trinajstić information content (AvgIpc) is 3.19. The van der Waals surface area contributed by atoms with Crippen LogP contribution in [0.15, 0.2) is 58.9 Å². The first-order chi connectivity index (χ1) is 14.2. The van der Waals surface area contributed by atoms with Crippen LogP contribution in [0.5, 0.6) is 0 Å². The second-order valence-corrected chi connectivity index (χ2v) is 8.58. The van der Waals surface area contributed by atoms with Crippen LogP contribution < -0.4 is 15.5 Å². The van der Waals surface area contributed by atoms with Gasteiger partial charge in [-0.25, -0.2) is 4.79 Å². The summed E-state index contributed by atoms with van der Waals surface area (Å²) in [6, 6.07) is 16.8. The Labute approximate surface area is 176 Å². The Morgan fingerprint density at radius 1 is 1.03 bits per heavy atom. The van der Waals surface area contributed by atoms with E-state index in [0.29, 0.717) is 15.2 Å². The molecule has 1 aliphatic rings. The number of nitrogens with zero attached hydrogens (tertiary/aromatic N) is 3. The van der Waals surface area contributed by atoms with Crippen LogP contribution in [0.1, 0.15) is 12.0 Å². The topological polar surface area (TPSA) is 87.2 Å². The summed E-state index contributed by atoms with van der Waals surface area (Å²) in [5.74, 6) is 0.327. The predicted octanol–water partition coefficient (Wildman–Crippen LogP) is 4.25. The van der Waals surface area contributed by atoms with Crippen LogP contribution >= 0.6 is 23.1 Å². The largest absolute Gasteiger partial charge is 0.325 e. The van der Waals surface area contributed by atoms with Crippen molar-refractivity contribution in [3.8, 4) is 0 Å². The maximum Gasteiger partial charge on any atom is 0.325 e. The molecule has 7 nitrogen and oxygen atoms in total. The van der Waals surface area contributed by atoms with Gasteiger partial charge in [0.2, 0.25) is 11.0 Å². The minimum atomic E-state index is -0.384. The maximum atomic E-state index is 12.7. The molecule has 29 heavy (non-hydrogen) atoms. The van der Waals surface area contributed by atoms with Crippen molar-refractivity contribution >= 4 is 51.5 Å². The summed E-state index contributed by atoms with van der Waals surface area (Å²) in [4.78, 5) is 26.6. The smallest absolute Gasteiger partial charge is 0.311 e. The number of hydrogen-bond acceptors (Lipinski definition) is 6. The van der Waals surface area contributed by atoms with E-state index in [-0.39, 0.29) is 17.7 Å². The number of carbonyl (C=O) groups excluding carboxylic acids is 2.